The number of nitrogens with zero attached hydrogens (tertiary/aromatic N) is 1. The normalized spacial score (nSPS) is 13.9. The lowest BCUT2D eigenvalue weighted by Crippen LogP contribution is -2.40. The first-order chi connectivity index (χ1) is 7.72. The largest absolute Gasteiger partial charge is 0.337 e. The first-order valence-electron chi connectivity index (χ1n) is 5.41. The van der Waals surface area contributed by atoms with Crippen molar-refractivity contribution in [3.05, 3.63) is 33.8 Å². The molecule has 0 spiro atoms. The summed E-state index contributed by atoms with van der Waals surface area (Å²) in [7, 11) is 1.80. The average molecular weight is 320 g/mol. The molecule has 1 aliphatic rings. The number of nitrogens with one attached hydrogen (secondary N) is 1. The van der Waals surface area contributed by atoms with Crippen LogP contribution in [0.1, 0.15) is 11.1 Å². The minimum Gasteiger partial charge on any atom is -0.337 e. The van der Waals surface area contributed by atoms with Crippen LogP contribution in [-0.4, -0.2) is 30.9 Å². The zero-order valence-corrected chi connectivity index (χ0v) is 12.1. The van der Waals surface area contributed by atoms with Crippen molar-refractivity contribution in [1.29, 1.82) is 0 Å². The number of hydrogen-bond donors (Lipinski definition) is 1. The summed E-state index contributed by atoms with van der Waals surface area (Å²) in [4.78, 5) is 13.7. The summed E-state index contributed by atoms with van der Waals surface area (Å²) in [6.45, 7) is 1.97. The van der Waals surface area contributed by atoms with E-state index < -0.39 is 0 Å². The summed E-state index contributed by atoms with van der Waals surface area (Å²) < 4.78 is 1.16. The maximum absolute atomic E-state index is 11.7. The molecule has 0 saturated carbocycles. The molecule has 5 heteroatoms. The molecule has 0 atom stereocenters. The van der Waals surface area contributed by atoms with Gasteiger partial charge in [0, 0.05) is 17.6 Å². The molecule has 0 unspecified atom stereocenters. The molecule has 0 bridgehead atoms. The van der Waals surface area contributed by atoms with Crippen LogP contribution in [0.3, 0.4) is 0 Å². The van der Waals surface area contributed by atoms with Crippen LogP contribution >= 0.6 is 28.3 Å². The highest BCUT2D eigenvalue weighted by Gasteiger charge is 2.20. The van der Waals surface area contributed by atoms with E-state index in [0.717, 1.165) is 24.0 Å². The Bertz CT molecular complexity index is 411. The third kappa shape index (κ3) is 3.21. The van der Waals surface area contributed by atoms with Crippen molar-refractivity contribution >= 4 is 34.2 Å². The van der Waals surface area contributed by atoms with Crippen LogP contribution in [0.4, 0.5) is 0 Å². The van der Waals surface area contributed by atoms with Gasteiger partial charge in [-0.1, -0.05) is 28.1 Å². The van der Waals surface area contributed by atoms with Crippen molar-refractivity contribution in [3.63, 3.8) is 0 Å². The summed E-state index contributed by atoms with van der Waals surface area (Å²) in [5.41, 5.74) is 2.60. The van der Waals surface area contributed by atoms with Crippen LogP contribution in [0, 0.1) is 0 Å². The van der Waals surface area contributed by atoms with Crippen LogP contribution in [0.5, 0.6) is 0 Å². The second-order valence-corrected chi connectivity index (χ2v) is 4.83. The zero-order chi connectivity index (χ0) is 11.5. The first-order valence-corrected chi connectivity index (χ1v) is 6.20. The molecule has 1 heterocycles. The smallest absolute Gasteiger partial charge is 0.236 e. The molecule has 0 aliphatic carbocycles. The maximum atomic E-state index is 11.7. The van der Waals surface area contributed by atoms with Gasteiger partial charge in [0.05, 0.1) is 6.54 Å². The standard InChI is InChI=1S/C12H15BrN2O.ClH/c1-14-7-12(16)15-6-5-10-9(8-15)3-2-4-11(10)13;/h2-4,14H,5-8H2,1H3;1H. The highest BCUT2D eigenvalue weighted by molar-refractivity contribution is 9.10. The Labute approximate surface area is 116 Å². The van der Waals surface area contributed by atoms with Crippen molar-refractivity contribution in [2.75, 3.05) is 20.1 Å². The second-order valence-electron chi connectivity index (χ2n) is 3.97. The summed E-state index contributed by atoms with van der Waals surface area (Å²) in [5, 5.41) is 2.90. The van der Waals surface area contributed by atoms with Gasteiger partial charge in [-0.05, 0) is 30.7 Å². The highest BCUT2D eigenvalue weighted by atomic mass is 79.9. The molecule has 1 aromatic carbocycles. The van der Waals surface area contributed by atoms with E-state index in [1.54, 1.807) is 7.05 Å². The lowest BCUT2D eigenvalue weighted by Gasteiger charge is -2.29. The molecular weight excluding hydrogens is 304 g/mol. The van der Waals surface area contributed by atoms with Gasteiger partial charge < -0.3 is 10.2 Å². The molecule has 1 aromatic rings. The van der Waals surface area contributed by atoms with Crippen LogP contribution < -0.4 is 5.32 Å². The number of amides is 1. The lowest BCUT2D eigenvalue weighted by atomic mass is 10.00. The van der Waals surface area contributed by atoms with Gasteiger partial charge in [0.2, 0.25) is 5.91 Å². The number of halogens is 2. The fourth-order valence-electron chi connectivity index (χ4n) is 2.04. The Morgan fingerprint density at radius 2 is 2.29 bits per heavy atom. The Kier molecular flexibility index (Phi) is 5.43. The van der Waals surface area contributed by atoms with Gasteiger partial charge in [-0.3, -0.25) is 4.79 Å². The third-order valence-corrected chi connectivity index (χ3v) is 3.63. The van der Waals surface area contributed by atoms with Gasteiger partial charge in [-0.2, -0.15) is 0 Å². The molecule has 94 valence electrons. The van der Waals surface area contributed by atoms with Gasteiger partial charge in [-0.25, -0.2) is 0 Å². The van der Waals surface area contributed by atoms with Gasteiger partial charge in [0.25, 0.3) is 0 Å². The minimum absolute atomic E-state index is 0. The van der Waals surface area contributed by atoms with E-state index in [0.29, 0.717) is 6.54 Å². The van der Waals surface area contributed by atoms with E-state index >= 15 is 0 Å². The van der Waals surface area contributed by atoms with Crippen molar-refractivity contribution in [3.8, 4) is 0 Å². The monoisotopic (exact) mass is 318 g/mol. The maximum Gasteiger partial charge on any atom is 0.236 e. The van der Waals surface area contributed by atoms with Crippen molar-refractivity contribution in [1.82, 2.24) is 10.2 Å². The molecule has 3 nitrogen and oxygen atoms in total. The first kappa shape index (κ1) is 14.5. The van der Waals surface area contributed by atoms with Gasteiger partial charge in [0.1, 0.15) is 0 Å². The fourth-order valence-corrected chi connectivity index (χ4v) is 2.64. The van der Waals surface area contributed by atoms with Crippen molar-refractivity contribution in [2.24, 2.45) is 0 Å². The van der Waals surface area contributed by atoms with Gasteiger partial charge >= 0.3 is 0 Å². The average Bonchev–Trinajstić information content (AvgIpc) is 2.29. The van der Waals surface area contributed by atoms with Crippen molar-refractivity contribution < 1.29 is 4.79 Å². The molecule has 0 aromatic heterocycles. The van der Waals surface area contributed by atoms with Gasteiger partial charge in [-0.15, -0.1) is 12.4 Å². The number of fused-ring (bicyclic) bond motifs is 1. The van der Waals surface area contributed by atoms with Gasteiger partial charge in [0.15, 0.2) is 0 Å². The van der Waals surface area contributed by atoms with E-state index in [1.807, 2.05) is 11.0 Å². The Balaban J connectivity index is 0.00000144. The molecule has 0 fully saturated rings. The molecule has 1 aliphatic heterocycles. The highest BCUT2D eigenvalue weighted by Crippen LogP contribution is 2.26. The second kappa shape index (κ2) is 6.38. The van der Waals surface area contributed by atoms with Crippen LogP contribution in [0.25, 0.3) is 0 Å². The molecule has 17 heavy (non-hydrogen) atoms. The predicted molar refractivity (Wildman–Crippen MR) is 74.4 cm³/mol. The summed E-state index contributed by atoms with van der Waals surface area (Å²) >= 11 is 3.55. The van der Waals surface area contributed by atoms with E-state index in [2.05, 4.69) is 33.4 Å². The molecule has 2 rings (SSSR count). The number of rotatable bonds is 2. The SMILES string of the molecule is CNCC(=O)N1CCc2c(Br)cccc2C1.Cl. The van der Waals surface area contributed by atoms with Crippen LogP contribution in [0.15, 0.2) is 22.7 Å². The van der Waals surface area contributed by atoms with E-state index in [4.69, 9.17) is 0 Å². The third-order valence-electron chi connectivity index (χ3n) is 2.89. The number of likely N-dealkylation sites (N-methyl/N-ethyl adjacent to an activating group) is 1. The molecule has 1 amide bonds. The zero-order valence-electron chi connectivity index (χ0n) is 9.70. The minimum atomic E-state index is 0. The number of hydrogen-bond acceptors (Lipinski definition) is 2. The number of carbonyl (C=O) groups excluding carboxylic acids is 1. The summed E-state index contributed by atoms with van der Waals surface area (Å²) in [6.07, 6.45) is 0.937. The Hall–Kier alpha value is -0.580. The summed E-state index contributed by atoms with van der Waals surface area (Å²) in [5.74, 6) is 0.174. The topological polar surface area (TPSA) is 32.3 Å². The molecule has 0 radical (unpaired) electrons. The predicted octanol–water partition coefficient (Wildman–Crippen LogP) is 1.98. The quantitative estimate of drug-likeness (QED) is 0.904. The molecular formula is C12H16BrClN2O. The number of carbonyl (C=O) groups is 1. The van der Waals surface area contributed by atoms with Crippen LogP contribution in [-0.2, 0) is 17.8 Å². The van der Waals surface area contributed by atoms with Crippen molar-refractivity contribution in [2.45, 2.75) is 13.0 Å². The summed E-state index contributed by atoms with van der Waals surface area (Å²) in [6, 6.07) is 6.18. The Morgan fingerprint density at radius 3 is 3.00 bits per heavy atom. The lowest BCUT2D eigenvalue weighted by molar-refractivity contribution is -0.131. The molecule has 0 saturated heterocycles. The molecule has 1 N–H and O–H groups in total. The van der Waals surface area contributed by atoms with E-state index in [1.165, 1.54) is 11.1 Å². The van der Waals surface area contributed by atoms with E-state index in [-0.39, 0.29) is 18.3 Å². The van der Waals surface area contributed by atoms with Crippen LogP contribution in [0.2, 0.25) is 0 Å². The van der Waals surface area contributed by atoms with E-state index in [9.17, 15) is 4.79 Å². The Morgan fingerprint density at radius 1 is 1.53 bits per heavy atom. The number of benzene rings is 1. The fraction of sp³-hybridized carbons (Fsp3) is 0.417.